The van der Waals surface area contributed by atoms with Crippen molar-refractivity contribution in [2.75, 3.05) is 0 Å². The van der Waals surface area contributed by atoms with Crippen molar-refractivity contribution in [2.24, 2.45) is 0 Å². The lowest BCUT2D eigenvalue weighted by atomic mass is 10.1. The Balaban J connectivity index is 1.00. The topological polar surface area (TPSA) is 25.8 Å². The summed E-state index contributed by atoms with van der Waals surface area (Å²) in [4.78, 5) is 10.9. The van der Waals surface area contributed by atoms with Gasteiger partial charge in [-0.1, -0.05) is 79.7 Å². The molecule has 12 heteroatoms. The number of pyridine rings is 2. The van der Waals surface area contributed by atoms with Crippen LogP contribution in [0, 0.1) is 24.3 Å². The molecule has 0 aliphatic carbocycles. The van der Waals surface area contributed by atoms with Gasteiger partial charge in [0, 0.05) is 86.0 Å². The number of nitrogens with zero attached hydrogens (tertiary/aromatic N) is 2. The Morgan fingerprint density at radius 2 is 0.476 bits per heavy atom. The molecule has 14 rings (SSSR count). The molecular formula is C72H58N2S10. The number of hydrogen-bond donors (Lipinski definition) is 0. The van der Waals surface area contributed by atoms with Gasteiger partial charge >= 0.3 is 0 Å². The van der Waals surface area contributed by atoms with Crippen molar-refractivity contribution in [3.05, 3.63) is 178 Å². The fraction of sp³-hybridized carbons (Fsp3) is 0.222. The van der Waals surface area contributed by atoms with Gasteiger partial charge in [-0.3, -0.25) is 0 Å². The van der Waals surface area contributed by atoms with Crippen LogP contribution in [-0.4, -0.2) is 9.97 Å². The molecule has 2 nitrogen and oxygen atoms in total. The van der Waals surface area contributed by atoms with E-state index in [0.717, 1.165) is 93.6 Å². The van der Waals surface area contributed by atoms with Crippen molar-refractivity contribution >= 4 is 240 Å². The molecule has 0 amide bonds. The van der Waals surface area contributed by atoms with E-state index in [-0.39, 0.29) is 0 Å². The van der Waals surface area contributed by atoms with E-state index in [1.54, 1.807) is 22.7 Å². The van der Waals surface area contributed by atoms with Gasteiger partial charge in [-0.15, -0.1) is 113 Å². The predicted molar refractivity (Wildman–Crippen MR) is 387 cm³/mol. The Kier molecular flexibility index (Phi) is 15.6. The number of rotatable bonds is 8. The summed E-state index contributed by atoms with van der Waals surface area (Å²) in [5.41, 5.74) is 15.7. The fourth-order valence-electron chi connectivity index (χ4n) is 12.2. The molecule has 0 atom stereocenters. The van der Waals surface area contributed by atoms with Gasteiger partial charge in [0.25, 0.3) is 0 Å². The molecule has 0 fully saturated rings. The van der Waals surface area contributed by atoms with E-state index in [9.17, 15) is 0 Å². The summed E-state index contributed by atoms with van der Waals surface area (Å²) in [6.07, 6.45) is 7.96. The Morgan fingerprint density at radius 3 is 0.750 bits per heavy atom. The number of benzene rings is 1. The summed E-state index contributed by atoms with van der Waals surface area (Å²) in [7, 11) is 0. The lowest BCUT2D eigenvalue weighted by Crippen LogP contribution is -1.86. The molecule has 0 aliphatic heterocycles. The highest BCUT2D eigenvalue weighted by Crippen LogP contribution is 2.47. The third-order valence-corrected chi connectivity index (χ3v) is 29.1. The van der Waals surface area contributed by atoms with Crippen LogP contribution in [0.3, 0.4) is 0 Å². The molecule has 0 N–H and O–H groups in total. The van der Waals surface area contributed by atoms with E-state index in [1.165, 1.54) is 129 Å². The smallest absolute Gasteiger partial charge is 0.0972 e. The summed E-state index contributed by atoms with van der Waals surface area (Å²) in [5, 5.41) is 2.21. The van der Waals surface area contributed by atoms with Gasteiger partial charge in [0.2, 0.25) is 0 Å². The Hall–Kier alpha value is -5.84. The lowest BCUT2D eigenvalue weighted by Gasteiger charge is -2.03. The van der Waals surface area contributed by atoms with E-state index in [2.05, 4.69) is 189 Å². The summed E-state index contributed by atoms with van der Waals surface area (Å²) in [6, 6.07) is 54.3. The maximum atomic E-state index is 5.47. The SMILES string of the molecule is CCc1c(CC)c2sc1c1ccc(c#cc#cc3ccc(s3)c3sc(c(CC)c3CC)c3ccc(s3)c3sc(c(CC)c3CC)c3ccc(s3)c3ccc4ccc5ccc(nc5c4n3)c3ccc(s3)c3sc(c(CC)c3CC)c3ccc2s3)s1. The van der Waals surface area contributed by atoms with Crippen molar-refractivity contribution in [1.82, 2.24) is 9.97 Å². The molecule has 0 aliphatic rings. The van der Waals surface area contributed by atoms with Gasteiger partial charge in [0.15, 0.2) is 0 Å². The second kappa shape index (κ2) is 23.4. The van der Waals surface area contributed by atoms with E-state index in [1.807, 2.05) is 90.7 Å². The van der Waals surface area contributed by atoms with E-state index < -0.39 is 0 Å². The molecule has 24 bridgehead atoms. The van der Waals surface area contributed by atoms with Crippen molar-refractivity contribution < 1.29 is 0 Å². The predicted octanol–water partition coefficient (Wildman–Crippen LogP) is 25.4. The van der Waals surface area contributed by atoms with Crippen LogP contribution in [0.1, 0.15) is 99.9 Å². The summed E-state index contributed by atoms with van der Waals surface area (Å²) >= 11 is 19.1. The number of aromatic nitrogens is 2. The first kappa shape index (κ1) is 56.0. The molecule has 0 spiro atoms. The van der Waals surface area contributed by atoms with Crippen LogP contribution in [0.5, 0.6) is 0 Å². The van der Waals surface area contributed by atoms with E-state index in [0.29, 0.717) is 0 Å². The van der Waals surface area contributed by atoms with Crippen molar-refractivity contribution in [1.29, 1.82) is 0 Å². The second-order valence-corrected chi connectivity index (χ2v) is 31.4. The van der Waals surface area contributed by atoms with Crippen LogP contribution in [0.4, 0.5) is 0 Å². The first-order chi connectivity index (χ1) is 41.2. The standard InChI is InChI=1S/C72H58N2S10/c1-9-43-45(11-3)69-59-35-37-61(79-59)71-49(15-7)47(13-5)67(83-71)57-33-31-53(77-57)51-27-23-39-21-22-40-24-28-52(74-64(40)63(39)73-51)54-32-34-58(78-54)68-48(14-6)50(16-8)72(84-68)62-38-36-60(80-62)70-46(12-4)44(10-2)66(82-70)56-30-26-42(76-56)20-18-17-19-41-25-29-55(75-41)65(43)81-69/h21-38H,9-16H2,1-8H3. The molecule has 13 heterocycles. The summed E-state index contributed by atoms with van der Waals surface area (Å²) in [6.45, 7) is 18.6. The average Bonchev–Trinajstić information content (AvgIpc) is 4.18. The van der Waals surface area contributed by atoms with Crippen LogP contribution in [-0.2, 0) is 51.4 Å². The minimum absolute atomic E-state index is 0.947. The molecular weight excluding hydrogens is 1210 g/mol. The molecule has 14 aromatic rings. The zero-order chi connectivity index (χ0) is 57.3. The summed E-state index contributed by atoms with van der Waals surface area (Å²) in [5.74, 6) is 0. The largest absolute Gasteiger partial charge is 0.245 e. The molecule has 416 valence electrons. The van der Waals surface area contributed by atoms with Gasteiger partial charge in [0.05, 0.1) is 40.9 Å². The van der Waals surface area contributed by atoms with Crippen molar-refractivity contribution in [2.45, 2.75) is 107 Å². The zero-order valence-corrected chi connectivity index (χ0v) is 56.2. The molecule has 0 unspecified atom stereocenters. The Morgan fingerprint density at radius 1 is 0.250 bits per heavy atom. The third-order valence-electron chi connectivity index (χ3n) is 16.2. The average molecular weight is 1270 g/mol. The first-order valence-corrected chi connectivity index (χ1v) is 37.3. The quantitative estimate of drug-likeness (QED) is 0.142. The third kappa shape index (κ3) is 9.74. The zero-order valence-electron chi connectivity index (χ0n) is 48.0. The van der Waals surface area contributed by atoms with Gasteiger partial charge < -0.3 is 0 Å². The molecule has 0 saturated heterocycles. The molecule has 1 aromatic carbocycles. The monoisotopic (exact) mass is 1270 g/mol. The maximum Gasteiger partial charge on any atom is 0.0972 e. The van der Waals surface area contributed by atoms with Gasteiger partial charge in [-0.25, -0.2) is 9.97 Å². The maximum absolute atomic E-state index is 5.47. The normalized spacial score (nSPS) is 11.8. The highest BCUT2D eigenvalue weighted by molar-refractivity contribution is 7.38. The van der Waals surface area contributed by atoms with Gasteiger partial charge in [0.1, 0.15) is 0 Å². The highest BCUT2D eigenvalue weighted by atomic mass is 32.1. The number of hydrogen-bond acceptors (Lipinski definition) is 12. The Bertz CT molecular complexity index is 5010. The van der Waals surface area contributed by atoms with Crippen LogP contribution >= 0.6 is 113 Å². The first-order valence-electron chi connectivity index (χ1n) is 29.2. The van der Waals surface area contributed by atoms with E-state index in [4.69, 9.17) is 9.97 Å². The highest BCUT2D eigenvalue weighted by Gasteiger charge is 2.19. The number of fused-ring (bicyclic) bond motifs is 32. The summed E-state index contributed by atoms with van der Waals surface area (Å²) < 4.78 is 26.3. The van der Waals surface area contributed by atoms with Crippen molar-refractivity contribution in [3.63, 3.8) is 0 Å². The number of thiophene rings is 10. The molecule has 0 radical (unpaired) electrons. The van der Waals surface area contributed by atoms with Gasteiger partial charge in [-0.05, 0) is 205 Å². The Labute approximate surface area is 529 Å². The minimum Gasteiger partial charge on any atom is -0.245 e. The van der Waals surface area contributed by atoms with Crippen molar-refractivity contribution in [3.8, 4) is 0 Å². The lowest BCUT2D eigenvalue weighted by molar-refractivity contribution is 1.07. The van der Waals surface area contributed by atoms with Crippen LogP contribution in [0.15, 0.2) is 109 Å². The van der Waals surface area contributed by atoms with Crippen LogP contribution < -0.4 is 0 Å². The second-order valence-electron chi connectivity index (χ2n) is 20.8. The van der Waals surface area contributed by atoms with Gasteiger partial charge in [-0.2, -0.15) is 0 Å². The van der Waals surface area contributed by atoms with E-state index >= 15 is 0 Å². The number of aryl methyl sites for hydroxylation is 8. The molecule has 0 saturated carbocycles. The molecule has 13 aromatic heterocycles. The minimum atomic E-state index is 0.947. The fourth-order valence-corrected chi connectivity index (χ4v) is 24.9. The van der Waals surface area contributed by atoms with Crippen LogP contribution in [0.2, 0.25) is 0 Å². The van der Waals surface area contributed by atoms with Crippen LogP contribution in [0.25, 0.3) is 127 Å². The molecule has 84 heavy (non-hydrogen) atoms.